The number of hydrogen-bond donors (Lipinski definition) is 0. The van der Waals surface area contributed by atoms with E-state index in [1.165, 1.54) is 7.05 Å². The average molecular weight is 453 g/mol. The van der Waals surface area contributed by atoms with Crippen LogP contribution in [0.4, 0.5) is 22.0 Å². The van der Waals surface area contributed by atoms with Crippen molar-refractivity contribution in [2.75, 3.05) is 6.61 Å². The number of alkyl halides is 5. The molecule has 0 aliphatic carbocycles. The van der Waals surface area contributed by atoms with Gasteiger partial charge >= 0.3 is 12.8 Å². The number of halogens is 6. The van der Waals surface area contributed by atoms with Crippen LogP contribution in [0, 0.1) is 0 Å². The Bertz CT molecular complexity index is 911. The summed E-state index contributed by atoms with van der Waals surface area (Å²) in [5.41, 5.74) is -0.505. The first-order valence-corrected chi connectivity index (χ1v) is 8.64. The van der Waals surface area contributed by atoms with Gasteiger partial charge in [-0.3, -0.25) is 4.99 Å². The number of hydrogen-bond acceptors (Lipinski definition) is 3. The fourth-order valence-electron chi connectivity index (χ4n) is 2.83. The Kier molecular flexibility index (Phi) is 5.45. The van der Waals surface area contributed by atoms with Crippen molar-refractivity contribution in [1.82, 2.24) is 4.57 Å². The lowest BCUT2D eigenvalue weighted by atomic mass is 10.0. The maximum atomic E-state index is 13.0. The first-order valence-electron chi connectivity index (χ1n) is 7.84. The van der Waals surface area contributed by atoms with E-state index in [0.717, 1.165) is 10.8 Å². The van der Waals surface area contributed by atoms with Crippen LogP contribution in [-0.2, 0) is 13.2 Å². The molecular weight excluding hydrogens is 439 g/mol. The molecule has 2 heterocycles. The van der Waals surface area contributed by atoms with Crippen LogP contribution in [0.25, 0.3) is 0 Å². The number of aryl methyl sites for hydroxylation is 1. The number of ether oxygens (including phenoxy) is 2. The molecule has 1 atom stereocenters. The Morgan fingerprint density at radius 2 is 2.07 bits per heavy atom. The largest absolute Gasteiger partial charge is 0.492 e. The Balaban J connectivity index is 2.15. The average Bonchev–Trinajstić information content (AvgIpc) is 2.57. The molecule has 0 radical (unpaired) electrons. The van der Waals surface area contributed by atoms with Crippen molar-refractivity contribution in [2.45, 2.75) is 25.3 Å². The normalized spacial score (nSPS) is 17.6. The number of para-hydroxylation sites is 1. The molecule has 10 heteroatoms. The molecule has 4 nitrogen and oxygen atoms in total. The zero-order valence-corrected chi connectivity index (χ0v) is 15.5. The molecular formula is C17H14BrF5N2O2. The van der Waals surface area contributed by atoms with E-state index in [-0.39, 0.29) is 5.49 Å². The zero-order chi connectivity index (χ0) is 19.8. The smallest absolute Gasteiger partial charge is 0.417 e. The van der Waals surface area contributed by atoms with Gasteiger partial charge in [-0.25, -0.2) is 0 Å². The molecule has 2 aromatic rings. The maximum absolute atomic E-state index is 13.0. The summed E-state index contributed by atoms with van der Waals surface area (Å²) in [5.74, 6) is -0.0613. The summed E-state index contributed by atoms with van der Waals surface area (Å²) in [6.07, 6.45) is -3.47. The van der Waals surface area contributed by atoms with Gasteiger partial charge in [-0.15, -0.1) is 0 Å². The van der Waals surface area contributed by atoms with Crippen molar-refractivity contribution < 1.29 is 31.4 Å². The Morgan fingerprint density at radius 3 is 2.74 bits per heavy atom. The third kappa shape index (κ3) is 4.26. The van der Waals surface area contributed by atoms with Crippen molar-refractivity contribution in [1.29, 1.82) is 0 Å². The maximum Gasteiger partial charge on any atom is 0.417 e. The van der Waals surface area contributed by atoms with Gasteiger partial charge in [-0.1, -0.05) is 12.1 Å². The van der Waals surface area contributed by atoms with Gasteiger partial charge in [0.1, 0.15) is 5.75 Å². The standard InChI is InChI=1S/C17H14BrF5N2O2/c1-25-8-9(17(21,22)23)7-13(27-16(19)20)15(25)24-12-5-6-26-14-10(12)3-2-4-11(14)18/h2-4,7-8,12,16H,5-6H2,1H3/b24-15-. The summed E-state index contributed by atoms with van der Waals surface area (Å²) < 4.78 is 76.2. The van der Waals surface area contributed by atoms with Gasteiger partial charge in [0.15, 0.2) is 11.2 Å². The molecule has 1 aliphatic heterocycles. The van der Waals surface area contributed by atoms with Crippen molar-refractivity contribution in [3.05, 3.63) is 51.5 Å². The summed E-state index contributed by atoms with van der Waals surface area (Å²) in [6, 6.07) is 5.37. The molecule has 0 saturated carbocycles. The highest BCUT2D eigenvalue weighted by molar-refractivity contribution is 9.10. The molecule has 1 aromatic carbocycles. The number of benzene rings is 1. The summed E-state index contributed by atoms with van der Waals surface area (Å²) >= 11 is 3.37. The van der Waals surface area contributed by atoms with E-state index >= 15 is 0 Å². The predicted molar refractivity (Wildman–Crippen MR) is 89.6 cm³/mol. The molecule has 0 bridgehead atoms. The highest BCUT2D eigenvalue weighted by atomic mass is 79.9. The predicted octanol–water partition coefficient (Wildman–Crippen LogP) is 4.83. The topological polar surface area (TPSA) is 35.8 Å². The molecule has 27 heavy (non-hydrogen) atoms. The van der Waals surface area contributed by atoms with Crippen LogP contribution in [0.2, 0.25) is 0 Å². The van der Waals surface area contributed by atoms with Crippen LogP contribution in [0.5, 0.6) is 11.5 Å². The fraction of sp³-hybridized carbons (Fsp3) is 0.353. The van der Waals surface area contributed by atoms with Gasteiger partial charge in [0.05, 0.1) is 22.7 Å². The van der Waals surface area contributed by atoms with E-state index in [4.69, 9.17) is 4.74 Å². The molecule has 0 saturated heterocycles. The molecule has 0 amide bonds. The third-order valence-electron chi connectivity index (χ3n) is 3.99. The molecule has 0 fully saturated rings. The van der Waals surface area contributed by atoms with Crippen LogP contribution in [-0.4, -0.2) is 17.8 Å². The van der Waals surface area contributed by atoms with E-state index in [2.05, 4.69) is 25.7 Å². The van der Waals surface area contributed by atoms with E-state index in [0.29, 0.717) is 34.9 Å². The highest BCUT2D eigenvalue weighted by Crippen LogP contribution is 2.39. The van der Waals surface area contributed by atoms with Crippen LogP contribution in [0.3, 0.4) is 0 Å². The molecule has 0 N–H and O–H groups in total. The molecule has 0 spiro atoms. The van der Waals surface area contributed by atoms with Gasteiger partial charge in [-0.2, -0.15) is 22.0 Å². The molecule has 1 unspecified atom stereocenters. The van der Waals surface area contributed by atoms with Crippen LogP contribution >= 0.6 is 15.9 Å². The SMILES string of the molecule is Cn1cc(C(F)(F)F)cc(OC(F)F)/c1=N/C1CCOc2c(Br)cccc21. The number of pyridine rings is 1. The van der Waals surface area contributed by atoms with Crippen molar-refractivity contribution in [3.8, 4) is 11.5 Å². The van der Waals surface area contributed by atoms with Crippen molar-refractivity contribution >= 4 is 15.9 Å². The minimum absolute atomic E-state index is 0.110. The van der Waals surface area contributed by atoms with Crippen LogP contribution < -0.4 is 15.0 Å². The fourth-order valence-corrected chi connectivity index (χ4v) is 3.33. The van der Waals surface area contributed by atoms with Gasteiger partial charge in [0.2, 0.25) is 0 Å². The molecule has 3 rings (SSSR count). The quantitative estimate of drug-likeness (QED) is 0.625. The lowest BCUT2D eigenvalue weighted by Gasteiger charge is -2.24. The highest BCUT2D eigenvalue weighted by Gasteiger charge is 2.32. The Morgan fingerprint density at radius 1 is 1.33 bits per heavy atom. The minimum atomic E-state index is -4.70. The van der Waals surface area contributed by atoms with E-state index in [9.17, 15) is 22.0 Å². The molecule has 1 aliphatic rings. The van der Waals surface area contributed by atoms with Gasteiger partial charge in [0, 0.05) is 25.2 Å². The zero-order valence-electron chi connectivity index (χ0n) is 13.9. The number of rotatable bonds is 3. The van der Waals surface area contributed by atoms with Crippen molar-refractivity contribution in [2.24, 2.45) is 12.0 Å². The second-order valence-electron chi connectivity index (χ2n) is 5.84. The number of fused-ring (bicyclic) bond motifs is 1. The van der Waals surface area contributed by atoms with E-state index in [1.807, 2.05) is 0 Å². The first-order chi connectivity index (χ1) is 12.7. The second kappa shape index (κ2) is 7.49. The second-order valence-corrected chi connectivity index (χ2v) is 6.70. The van der Waals surface area contributed by atoms with Gasteiger partial charge < -0.3 is 14.0 Å². The van der Waals surface area contributed by atoms with Crippen molar-refractivity contribution in [3.63, 3.8) is 0 Å². The monoisotopic (exact) mass is 452 g/mol. The molecule has 1 aromatic heterocycles. The summed E-state index contributed by atoms with van der Waals surface area (Å²) in [4.78, 5) is 4.41. The van der Waals surface area contributed by atoms with E-state index in [1.54, 1.807) is 18.2 Å². The van der Waals surface area contributed by atoms with Crippen LogP contribution in [0.1, 0.15) is 23.6 Å². The summed E-state index contributed by atoms with van der Waals surface area (Å²) in [6.45, 7) is -2.95. The lowest BCUT2D eigenvalue weighted by molar-refractivity contribution is -0.138. The Labute approximate surface area is 159 Å². The number of aromatic nitrogens is 1. The van der Waals surface area contributed by atoms with E-state index < -0.39 is 30.1 Å². The van der Waals surface area contributed by atoms with Crippen LogP contribution in [0.15, 0.2) is 39.9 Å². The van der Waals surface area contributed by atoms with Gasteiger partial charge in [0.25, 0.3) is 0 Å². The molecule has 146 valence electrons. The lowest BCUT2D eigenvalue weighted by Crippen LogP contribution is -2.26. The summed E-state index contributed by atoms with van der Waals surface area (Å²) in [5, 5.41) is 0. The summed E-state index contributed by atoms with van der Waals surface area (Å²) in [7, 11) is 1.30. The third-order valence-corrected chi connectivity index (χ3v) is 4.61. The number of nitrogens with zero attached hydrogens (tertiary/aromatic N) is 2. The minimum Gasteiger partial charge on any atom is -0.492 e. The Hall–Kier alpha value is -2.10. The van der Waals surface area contributed by atoms with Gasteiger partial charge in [-0.05, 0) is 28.1 Å². The first kappa shape index (κ1) is 19.7.